The third kappa shape index (κ3) is 3.20. The van der Waals surface area contributed by atoms with Crippen molar-refractivity contribution >= 4 is 0 Å². The Morgan fingerprint density at radius 2 is 1.94 bits per heavy atom. The van der Waals surface area contributed by atoms with Gasteiger partial charge < -0.3 is 10.6 Å². The van der Waals surface area contributed by atoms with Crippen LogP contribution in [0.25, 0.3) is 0 Å². The molecule has 0 aromatic rings. The Balaban J connectivity index is 1.79. The normalized spacial score (nSPS) is 26.4. The molecule has 3 heteroatoms. The van der Waals surface area contributed by atoms with E-state index in [1.807, 2.05) is 0 Å². The smallest absolute Gasteiger partial charge is 0.119 e. The van der Waals surface area contributed by atoms with E-state index >= 15 is 0 Å². The van der Waals surface area contributed by atoms with E-state index in [4.69, 9.17) is 5.73 Å². The van der Waals surface area contributed by atoms with Gasteiger partial charge in [0.2, 0.25) is 0 Å². The monoisotopic (exact) mass is 235 g/mol. The zero-order valence-corrected chi connectivity index (χ0v) is 11.0. The first-order valence-corrected chi connectivity index (χ1v) is 7.10. The van der Waals surface area contributed by atoms with Crippen LogP contribution in [0.4, 0.5) is 0 Å². The summed E-state index contributed by atoms with van der Waals surface area (Å²) >= 11 is 0. The number of likely N-dealkylation sites (tertiary alicyclic amines) is 1. The summed E-state index contributed by atoms with van der Waals surface area (Å²) < 4.78 is 0. The maximum atomic E-state index is 9.26. The van der Waals surface area contributed by atoms with Crippen molar-refractivity contribution in [1.29, 1.82) is 5.26 Å². The van der Waals surface area contributed by atoms with Crippen molar-refractivity contribution < 1.29 is 0 Å². The van der Waals surface area contributed by atoms with Crippen molar-refractivity contribution in [2.75, 3.05) is 19.6 Å². The van der Waals surface area contributed by atoms with Crippen molar-refractivity contribution in [3.8, 4) is 6.07 Å². The van der Waals surface area contributed by atoms with Gasteiger partial charge in [-0.2, -0.15) is 5.26 Å². The van der Waals surface area contributed by atoms with E-state index < -0.39 is 5.54 Å². The average molecular weight is 235 g/mol. The Morgan fingerprint density at radius 3 is 2.41 bits per heavy atom. The molecule has 0 amide bonds. The van der Waals surface area contributed by atoms with Gasteiger partial charge in [0.25, 0.3) is 0 Å². The fourth-order valence-electron chi connectivity index (χ4n) is 3.07. The second-order valence-corrected chi connectivity index (χ2v) is 5.93. The molecule has 1 saturated carbocycles. The lowest BCUT2D eigenvalue weighted by Gasteiger charge is -2.36. The summed E-state index contributed by atoms with van der Waals surface area (Å²) in [6.07, 6.45) is 7.54. The molecule has 3 nitrogen and oxygen atoms in total. The molecule has 2 aliphatic rings. The topological polar surface area (TPSA) is 53.0 Å². The molecule has 0 aromatic carbocycles. The third-order valence-electron chi connectivity index (χ3n) is 4.40. The SMILES string of the molecule is CCCC1CCN(CC(N)(C#N)C2CC2)CC1. The molecule has 0 bridgehead atoms. The van der Waals surface area contributed by atoms with Crippen LogP contribution in [0.15, 0.2) is 0 Å². The highest BCUT2D eigenvalue weighted by Gasteiger charge is 2.43. The zero-order chi connectivity index (χ0) is 12.3. The molecule has 1 unspecified atom stereocenters. The van der Waals surface area contributed by atoms with Crippen LogP contribution in [0.5, 0.6) is 0 Å². The molecule has 1 aliphatic carbocycles. The minimum absolute atomic E-state index is 0.459. The number of nitrogens with two attached hydrogens (primary N) is 1. The quantitative estimate of drug-likeness (QED) is 0.794. The summed E-state index contributed by atoms with van der Waals surface area (Å²) in [5.74, 6) is 1.37. The second-order valence-electron chi connectivity index (χ2n) is 5.93. The average Bonchev–Trinajstić information content (AvgIpc) is 3.16. The van der Waals surface area contributed by atoms with Crippen LogP contribution in [0.1, 0.15) is 45.4 Å². The van der Waals surface area contributed by atoms with Gasteiger partial charge in [-0.1, -0.05) is 19.8 Å². The van der Waals surface area contributed by atoms with E-state index in [1.165, 1.54) is 25.7 Å². The first kappa shape index (κ1) is 12.9. The summed E-state index contributed by atoms with van der Waals surface area (Å²) in [7, 11) is 0. The fraction of sp³-hybridized carbons (Fsp3) is 0.929. The highest BCUT2D eigenvalue weighted by molar-refractivity contribution is 5.14. The van der Waals surface area contributed by atoms with Gasteiger partial charge in [-0.25, -0.2) is 0 Å². The molecule has 1 aliphatic heterocycles. The van der Waals surface area contributed by atoms with Crippen LogP contribution in [-0.2, 0) is 0 Å². The molecule has 2 rings (SSSR count). The molecule has 0 spiro atoms. The summed E-state index contributed by atoms with van der Waals surface area (Å²) in [5, 5.41) is 9.26. The first-order valence-electron chi connectivity index (χ1n) is 7.10. The Morgan fingerprint density at radius 1 is 1.29 bits per heavy atom. The number of nitrogens with zero attached hydrogens (tertiary/aromatic N) is 2. The summed E-state index contributed by atoms with van der Waals surface area (Å²) in [5.41, 5.74) is 5.65. The molecular formula is C14H25N3. The van der Waals surface area contributed by atoms with E-state index in [0.717, 1.165) is 38.4 Å². The minimum Gasteiger partial charge on any atom is -0.312 e. The first-order chi connectivity index (χ1) is 8.18. The summed E-state index contributed by atoms with van der Waals surface area (Å²) in [6.45, 7) is 5.32. The zero-order valence-electron chi connectivity index (χ0n) is 11.0. The Labute approximate surface area is 105 Å². The lowest BCUT2D eigenvalue weighted by Crippen LogP contribution is -2.52. The maximum absolute atomic E-state index is 9.26. The van der Waals surface area contributed by atoms with Crippen LogP contribution in [-0.4, -0.2) is 30.1 Å². The van der Waals surface area contributed by atoms with Crippen molar-refractivity contribution in [3.63, 3.8) is 0 Å². The van der Waals surface area contributed by atoms with Gasteiger partial charge in [-0.05, 0) is 50.6 Å². The van der Waals surface area contributed by atoms with Crippen molar-refractivity contribution in [1.82, 2.24) is 4.90 Å². The number of rotatable bonds is 5. The van der Waals surface area contributed by atoms with Gasteiger partial charge in [0.1, 0.15) is 5.54 Å². The van der Waals surface area contributed by atoms with E-state index in [2.05, 4.69) is 17.9 Å². The molecule has 0 aromatic heterocycles. The van der Waals surface area contributed by atoms with Crippen molar-refractivity contribution in [2.45, 2.75) is 51.0 Å². The Bertz CT molecular complexity index is 284. The number of nitriles is 1. The van der Waals surface area contributed by atoms with Gasteiger partial charge in [0.15, 0.2) is 0 Å². The number of hydrogen-bond donors (Lipinski definition) is 1. The molecule has 96 valence electrons. The third-order valence-corrected chi connectivity index (χ3v) is 4.40. The van der Waals surface area contributed by atoms with Crippen LogP contribution in [0, 0.1) is 23.2 Å². The molecule has 0 radical (unpaired) electrons. The largest absolute Gasteiger partial charge is 0.312 e. The highest BCUT2D eigenvalue weighted by Crippen LogP contribution is 2.38. The van der Waals surface area contributed by atoms with Crippen molar-refractivity contribution in [2.24, 2.45) is 17.6 Å². The Hall–Kier alpha value is -0.590. The Kier molecular flexibility index (Phi) is 4.06. The molecule has 1 heterocycles. The lowest BCUT2D eigenvalue weighted by molar-refractivity contribution is 0.152. The van der Waals surface area contributed by atoms with E-state index in [9.17, 15) is 5.26 Å². The molecular weight excluding hydrogens is 210 g/mol. The van der Waals surface area contributed by atoms with Gasteiger partial charge >= 0.3 is 0 Å². The van der Waals surface area contributed by atoms with Gasteiger partial charge in [0.05, 0.1) is 6.07 Å². The van der Waals surface area contributed by atoms with Gasteiger partial charge in [-0.15, -0.1) is 0 Å². The van der Waals surface area contributed by atoms with Gasteiger partial charge in [-0.3, -0.25) is 0 Å². The van der Waals surface area contributed by atoms with Gasteiger partial charge in [0, 0.05) is 6.54 Å². The summed E-state index contributed by atoms with van der Waals surface area (Å²) in [6, 6.07) is 2.36. The van der Waals surface area contributed by atoms with Crippen molar-refractivity contribution in [3.05, 3.63) is 0 Å². The van der Waals surface area contributed by atoms with Crippen LogP contribution >= 0.6 is 0 Å². The van der Waals surface area contributed by atoms with Crippen LogP contribution < -0.4 is 5.73 Å². The molecule has 2 N–H and O–H groups in total. The lowest BCUT2D eigenvalue weighted by atomic mass is 9.90. The molecule has 2 fully saturated rings. The predicted octanol–water partition coefficient (Wildman–Crippen LogP) is 2.13. The molecule has 17 heavy (non-hydrogen) atoms. The summed E-state index contributed by atoms with van der Waals surface area (Å²) in [4.78, 5) is 2.41. The van der Waals surface area contributed by atoms with Crippen LogP contribution in [0.2, 0.25) is 0 Å². The number of hydrogen-bond acceptors (Lipinski definition) is 3. The standard InChI is InChI=1S/C14H25N3/c1-2-3-12-6-8-17(9-7-12)11-14(16,10-15)13-4-5-13/h12-13H,2-9,11,16H2,1H3. The van der Waals surface area contributed by atoms with E-state index in [1.54, 1.807) is 0 Å². The predicted molar refractivity (Wildman–Crippen MR) is 69.3 cm³/mol. The minimum atomic E-state index is -0.572. The van der Waals surface area contributed by atoms with Crippen LogP contribution in [0.3, 0.4) is 0 Å². The maximum Gasteiger partial charge on any atom is 0.119 e. The molecule has 1 atom stereocenters. The second kappa shape index (κ2) is 5.37. The molecule has 1 saturated heterocycles. The highest BCUT2D eigenvalue weighted by atomic mass is 15.2. The van der Waals surface area contributed by atoms with E-state index in [-0.39, 0.29) is 0 Å². The van der Waals surface area contributed by atoms with E-state index in [0.29, 0.717) is 5.92 Å². The number of piperidine rings is 1. The fourth-order valence-corrected chi connectivity index (χ4v) is 3.07.